The Hall–Kier alpha value is -3.07. The van der Waals surface area contributed by atoms with E-state index in [0.29, 0.717) is 5.69 Å². The zero-order valence-electron chi connectivity index (χ0n) is 10.2. The number of halogens is 1. The summed E-state index contributed by atoms with van der Waals surface area (Å²) in [4.78, 5) is 10.8. The average molecular weight is 271 g/mol. The molecular weight excluding hydrogens is 261 g/mol. The Morgan fingerprint density at radius 3 is 2.50 bits per heavy atom. The van der Waals surface area contributed by atoms with Crippen molar-refractivity contribution in [3.8, 4) is 6.07 Å². The third kappa shape index (κ3) is 2.67. The fourth-order valence-corrected chi connectivity index (χ4v) is 1.64. The molecule has 0 spiro atoms. The largest absolute Gasteiger partial charge is 0.478 e. The maximum Gasteiger partial charge on any atom is 0.335 e. The number of carboxylic acids is 1. The molecule has 20 heavy (non-hydrogen) atoms. The van der Waals surface area contributed by atoms with Gasteiger partial charge in [0.1, 0.15) is 5.82 Å². The topological polar surface area (TPSA) is 99.1 Å². The molecule has 0 aliphatic rings. The quantitative estimate of drug-likeness (QED) is 0.745. The van der Waals surface area contributed by atoms with E-state index in [9.17, 15) is 9.18 Å². The highest BCUT2D eigenvalue weighted by molar-refractivity contribution is 5.90. The van der Waals surface area contributed by atoms with Crippen molar-refractivity contribution in [2.24, 2.45) is 0 Å². The number of nitrogens with zero attached hydrogens (tertiary/aromatic N) is 1. The van der Waals surface area contributed by atoms with Gasteiger partial charge in [-0.25, -0.2) is 9.18 Å². The molecule has 0 heterocycles. The Morgan fingerprint density at radius 1 is 1.25 bits per heavy atom. The number of nitrogen functional groups attached to an aromatic ring is 1. The molecule has 0 amide bonds. The third-order valence-electron chi connectivity index (χ3n) is 2.67. The molecule has 2 rings (SSSR count). The zero-order chi connectivity index (χ0) is 14.7. The van der Waals surface area contributed by atoms with E-state index in [-0.39, 0.29) is 22.5 Å². The number of nitrogens with two attached hydrogens (primary N) is 1. The molecule has 0 saturated heterocycles. The molecule has 0 radical (unpaired) electrons. The van der Waals surface area contributed by atoms with Crippen molar-refractivity contribution in [2.45, 2.75) is 0 Å². The Balaban J connectivity index is 2.31. The molecule has 0 fully saturated rings. The van der Waals surface area contributed by atoms with Gasteiger partial charge in [0.05, 0.1) is 34.3 Å². The van der Waals surface area contributed by atoms with Crippen molar-refractivity contribution in [3.05, 3.63) is 53.3 Å². The lowest BCUT2D eigenvalue weighted by Gasteiger charge is -2.11. The van der Waals surface area contributed by atoms with Crippen LogP contribution in [-0.4, -0.2) is 11.1 Å². The summed E-state index contributed by atoms with van der Waals surface area (Å²) in [5.74, 6) is -1.68. The summed E-state index contributed by atoms with van der Waals surface area (Å²) >= 11 is 0. The fourth-order valence-electron chi connectivity index (χ4n) is 1.64. The van der Waals surface area contributed by atoms with Crippen LogP contribution < -0.4 is 11.1 Å². The molecule has 2 aromatic rings. The highest BCUT2D eigenvalue weighted by Crippen LogP contribution is 2.26. The predicted octanol–water partition coefficient (Wildman–Crippen LogP) is 2.72. The van der Waals surface area contributed by atoms with Crippen molar-refractivity contribution in [3.63, 3.8) is 0 Å². The Bertz CT molecular complexity index is 723. The van der Waals surface area contributed by atoms with Crippen LogP contribution in [0.3, 0.4) is 0 Å². The Labute approximate surface area is 114 Å². The normalized spacial score (nSPS) is 9.80. The molecule has 0 atom stereocenters. The minimum absolute atomic E-state index is 0.0494. The summed E-state index contributed by atoms with van der Waals surface area (Å²) in [6.07, 6.45) is 0. The van der Waals surface area contributed by atoms with Crippen LogP contribution in [0.25, 0.3) is 0 Å². The van der Waals surface area contributed by atoms with E-state index in [1.165, 1.54) is 30.3 Å². The van der Waals surface area contributed by atoms with E-state index >= 15 is 0 Å². The van der Waals surface area contributed by atoms with Gasteiger partial charge in [0.25, 0.3) is 0 Å². The molecule has 0 unspecified atom stereocenters. The van der Waals surface area contributed by atoms with Gasteiger partial charge in [-0.05, 0) is 36.4 Å². The Kier molecular flexibility index (Phi) is 3.53. The van der Waals surface area contributed by atoms with Gasteiger partial charge in [-0.2, -0.15) is 5.26 Å². The highest BCUT2D eigenvalue weighted by Gasteiger charge is 2.09. The number of carboxylic acid groups (broad SMARTS) is 1. The molecule has 100 valence electrons. The highest BCUT2D eigenvalue weighted by atomic mass is 19.1. The van der Waals surface area contributed by atoms with Gasteiger partial charge in [-0.15, -0.1) is 0 Å². The van der Waals surface area contributed by atoms with E-state index in [1.54, 1.807) is 0 Å². The number of carbonyl (C=O) groups is 1. The maximum atomic E-state index is 13.7. The molecule has 0 bridgehead atoms. The van der Waals surface area contributed by atoms with Crippen LogP contribution in [0.15, 0.2) is 36.4 Å². The van der Waals surface area contributed by atoms with Gasteiger partial charge >= 0.3 is 5.97 Å². The van der Waals surface area contributed by atoms with Crippen molar-refractivity contribution in [1.82, 2.24) is 0 Å². The van der Waals surface area contributed by atoms with E-state index in [4.69, 9.17) is 16.1 Å². The first-order chi connectivity index (χ1) is 9.51. The van der Waals surface area contributed by atoms with Crippen LogP contribution in [0.4, 0.5) is 21.5 Å². The minimum Gasteiger partial charge on any atom is -0.478 e. The van der Waals surface area contributed by atoms with Gasteiger partial charge in [0.15, 0.2) is 0 Å². The summed E-state index contributed by atoms with van der Waals surface area (Å²) in [7, 11) is 0. The van der Waals surface area contributed by atoms with Crippen LogP contribution in [0.2, 0.25) is 0 Å². The summed E-state index contributed by atoms with van der Waals surface area (Å²) in [5, 5.41) is 20.2. The second kappa shape index (κ2) is 5.28. The SMILES string of the molecule is N#Cc1ccc(Nc2ccc(C(=O)O)cc2N)c(F)c1. The molecule has 0 saturated carbocycles. The number of hydrogen-bond donors (Lipinski definition) is 3. The Morgan fingerprint density at radius 2 is 1.95 bits per heavy atom. The molecule has 5 nitrogen and oxygen atoms in total. The van der Waals surface area contributed by atoms with Crippen molar-refractivity contribution in [2.75, 3.05) is 11.1 Å². The number of nitrogens with one attached hydrogen (secondary N) is 1. The molecule has 2 aromatic carbocycles. The standard InChI is InChI=1S/C14H10FN3O2/c15-10-5-8(7-16)1-3-12(10)18-13-4-2-9(14(19)20)6-11(13)17/h1-6,18H,17H2,(H,19,20). The zero-order valence-corrected chi connectivity index (χ0v) is 10.2. The maximum absolute atomic E-state index is 13.7. The fraction of sp³-hybridized carbons (Fsp3) is 0. The van der Waals surface area contributed by atoms with E-state index in [2.05, 4.69) is 5.32 Å². The number of benzene rings is 2. The molecule has 0 aliphatic carbocycles. The molecule has 6 heteroatoms. The number of aromatic carboxylic acids is 1. The molecule has 0 aliphatic heterocycles. The van der Waals surface area contributed by atoms with Crippen molar-refractivity contribution >= 4 is 23.0 Å². The van der Waals surface area contributed by atoms with Crippen LogP contribution in [-0.2, 0) is 0 Å². The van der Waals surface area contributed by atoms with Gasteiger partial charge < -0.3 is 16.2 Å². The van der Waals surface area contributed by atoms with Gasteiger partial charge in [-0.1, -0.05) is 0 Å². The predicted molar refractivity (Wildman–Crippen MR) is 72.2 cm³/mol. The molecule has 0 aromatic heterocycles. The van der Waals surface area contributed by atoms with Crippen molar-refractivity contribution in [1.29, 1.82) is 5.26 Å². The van der Waals surface area contributed by atoms with Crippen LogP contribution >= 0.6 is 0 Å². The number of rotatable bonds is 3. The summed E-state index contributed by atoms with van der Waals surface area (Å²) in [5.41, 5.74) is 6.70. The van der Waals surface area contributed by atoms with Crippen LogP contribution in [0.5, 0.6) is 0 Å². The monoisotopic (exact) mass is 271 g/mol. The lowest BCUT2D eigenvalue weighted by atomic mass is 10.1. The first-order valence-corrected chi connectivity index (χ1v) is 5.61. The number of hydrogen-bond acceptors (Lipinski definition) is 4. The molecular formula is C14H10FN3O2. The number of anilines is 3. The average Bonchev–Trinajstić information content (AvgIpc) is 2.42. The van der Waals surface area contributed by atoms with E-state index in [1.807, 2.05) is 6.07 Å². The lowest BCUT2D eigenvalue weighted by Crippen LogP contribution is -2.02. The molecule has 4 N–H and O–H groups in total. The smallest absolute Gasteiger partial charge is 0.335 e. The van der Waals surface area contributed by atoms with E-state index in [0.717, 1.165) is 6.07 Å². The second-order valence-electron chi connectivity index (χ2n) is 4.04. The summed E-state index contributed by atoms with van der Waals surface area (Å²) < 4.78 is 13.7. The minimum atomic E-state index is -1.09. The lowest BCUT2D eigenvalue weighted by molar-refractivity contribution is 0.0697. The van der Waals surface area contributed by atoms with Crippen molar-refractivity contribution < 1.29 is 14.3 Å². The summed E-state index contributed by atoms with van der Waals surface area (Å²) in [6, 6.07) is 9.92. The third-order valence-corrected chi connectivity index (χ3v) is 2.67. The van der Waals surface area contributed by atoms with Crippen LogP contribution in [0, 0.1) is 17.1 Å². The van der Waals surface area contributed by atoms with Crippen LogP contribution in [0.1, 0.15) is 15.9 Å². The second-order valence-corrected chi connectivity index (χ2v) is 4.04. The van der Waals surface area contributed by atoms with E-state index < -0.39 is 11.8 Å². The van der Waals surface area contributed by atoms with Gasteiger partial charge in [-0.3, -0.25) is 0 Å². The van der Waals surface area contributed by atoms with Gasteiger partial charge in [0.2, 0.25) is 0 Å². The summed E-state index contributed by atoms with van der Waals surface area (Å²) in [6.45, 7) is 0. The first kappa shape index (κ1) is 13.4. The van der Waals surface area contributed by atoms with Gasteiger partial charge in [0, 0.05) is 0 Å². The first-order valence-electron chi connectivity index (χ1n) is 5.61. The number of nitriles is 1.